The summed E-state index contributed by atoms with van der Waals surface area (Å²) in [7, 11) is 0. The Kier molecular flexibility index (Phi) is 3.24. The molecule has 4 nitrogen and oxygen atoms in total. The number of alkyl halides is 1. The highest BCUT2D eigenvalue weighted by atomic mass is 35.5. The number of carbonyl (C=O) groups is 1. The van der Waals surface area contributed by atoms with E-state index in [0.29, 0.717) is 35.3 Å². The van der Waals surface area contributed by atoms with Gasteiger partial charge in [-0.3, -0.25) is 0 Å². The number of rotatable bonds is 4. The van der Waals surface area contributed by atoms with Crippen LogP contribution in [0.25, 0.3) is 10.9 Å². The number of aromatic nitrogens is 1. The predicted molar refractivity (Wildman–Crippen MR) is 65.1 cm³/mol. The van der Waals surface area contributed by atoms with Gasteiger partial charge in [-0.2, -0.15) is 4.73 Å². The van der Waals surface area contributed by atoms with Gasteiger partial charge in [-0.05, 0) is 18.9 Å². The third-order valence-corrected chi connectivity index (χ3v) is 2.97. The lowest BCUT2D eigenvalue weighted by Crippen LogP contribution is -2.05. The molecule has 0 spiro atoms. The van der Waals surface area contributed by atoms with Crippen LogP contribution in [-0.2, 0) is 6.42 Å². The van der Waals surface area contributed by atoms with Gasteiger partial charge < -0.3 is 10.3 Å². The SMILES string of the molecule is O=C(O)c1c(CCCCl)n(O)c2ccccc12. The molecule has 0 unspecified atom stereocenters. The zero-order chi connectivity index (χ0) is 12.4. The van der Waals surface area contributed by atoms with Crippen molar-refractivity contribution in [3.05, 3.63) is 35.5 Å². The van der Waals surface area contributed by atoms with E-state index >= 15 is 0 Å². The van der Waals surface area contributed by atoms with Crippen LogP contribution in [0.4, 0.5) is 0 Å². The summed E-state index contributed by atoms with van der Waals surface area (Å²) in [5.74, 6) is -0.598. The molecule has 2 N–H and O–H groups in total. The van der Waals surface area contributed by atoms with Crippen LogP contribution in [0.1, 0.15) is 22.5 Å². The molecule has 2 rings (SSSR count). The van der Waals surface area contributed by atoms with Gasteiger partial charge in [0.1, 0.15) is 0 Å². The minimum atomic E-state index is -1.03. The van der Waals surface area contributed by atoms with Gasteiger partial charge in [0.05, 0.1) is 16.8 Å². The number of benzene rings is 1. The van der Waals surface area contributed by atoms with Gasteiger partial charge in [0.2, 0.25) is 0 Å². The van der Waals surface area contributed by atoms with Crippen LogP contribution in [0.5, 0.6) is 0 Å². The molecule has 5 heteroatoms. The number of carboxylic acids is 1. The molecule has 0 aliphatic carbocycles. The number of halogens is 1. The summed E-state index contributed by atoms with van der Waals surface area (Å²) in [5, 5.41) is 19.7. The van der Waals surface area contributed by atoms with E-state index in [9.17, 15) is 15.1 Å². The molecule has 1 aromatic carbocycles. The second-order valence-electron chi connectivity index (χ2n) is 3.75. The highest BCUT2D eigenvalue weighted by molar-refractivity contribution is 6.17. The fourth-order valence-corrected chi connectivity index (χ4v) is 2.11. The van der Waals surface area contributed by atoms with Crippen molar-refractivity contribution in [1.29, 1.82) is 0 Å². The van der Waals surface area contributed by atoms with E-state index < -0.39 is 5.97 Å². The van der Waals surface area contributed by atoms with Gasteiger partial charge in [-0.25, -0.2) is 4.79 Å². The van der Waals surface area contributed by atoms with Crippen LogP contribution in [0.3, 0.4) is 0 Å². The van der Waals surface area contributed by atoms with Crippen LogP contribution in [0, 0.1) is 0 Å². The molecular formula is C12H12ClNO3. The highest BCUT2D eigenvalue weighted by Crippen LogP contribution is 2.26. The Labute approximate surface area is 103 Å². The maximum atomic E-state index is 11.3. The topological polar surface area (TPSA) is 62.5 Å². The normalized spacial score (nSPS) is 10.9. The largest absolute Gasteiger partial charge is 0.478 e. The summed E-state index contributed by atoms with van der Waals surface area (Å²) in [6.07, 6.45) is 1.06. The molecule has 1 aromatic heterocycles. The fourth-order valence-electron chi connectivity index (χ4n) is 1.98. The van der Waals surface area contributed by atoms with Gasteiger partial charge in [0, 0.05) is 11.3 Å². The highest BCUT2D eigenvalue weighted by Gasteiger charge is 2.21. The first-order valence-corrected chi connectivity index (χ1v) is 5.81. The second kappa shape index (κ2) is 4.67. The summed E-state index contributed by atoms with van der Waals surface area (Å²) in [6, 6.07) is 6.88. The van der Waals surface area contributed by atoms with Crippen molar-refractivity contribution in [1.82, 2.24) is 4.73 Å². The average Bonchev–Trinajstić information content (AvgIpc) is 2.60. The van der Waals surface area contributed by atoms with Crippen molar-refractivity contribution in [3.8, 4) is 0 Å². The molecule has 0 atom stereocenters. The molecule has 0 radical (unpaired) electrons. The van der Waals surface area contributed by atoms with E-state index in [0.717, 1.165) is 4.73 Å². The molecule has 0 saturated carbocycles. The average molecular weight is 254 g/mol. The molecule has 2 aromatic rings. The smallest absolute Gasteiger partial charge is 0.338 e. The number of carboxylic acid groups (broad SMARTS) is 1. The van der Waals surface area contributed by atoms with Gasteiger partial charge in [-0.15, -0.1) is 11.6 Å². The van der Waals surface area contributed by atoms with Crippen molar-refractivity contribution >= 4 is 28.5 Å². The second-order valence-corrected chi connectivity index (χ2v) is 4.13. The molecule has 17 heavy (non-hydrogen) atoms. The van der Waals surface area contributed by atoms with E-state index in [1.54, 1.807) is 24.3 Å². The summed E-state index contributed by atoms with van der Waals surface area (Å²) >= 11 is 5.60. The van der Waals surface area contributed by atoms with Crippen molar-refractivity contribution < 1.29 is 15.1 Å². The Morgan fingerprint density at radius 2 is 2.06 bits per heavy atom. The van der Waals surface area contributed by atoms with Crippen LogP contribution < -0.4 is 0 Å². The summed E-state index contributed by atoms with van der Waals surface area (Å²) in [6.45, 7) is 0. The van der Waals surface area contributed by atoms with Gasteiger partial charge in [0.15, 0.2) is 0 Å². The van der Waals surface area contributed by atoms with Crippen LogP contribution >= 0.6 is 11.6 Å². The molecular weight excluding hydrogens is 242 g/mol. The van der Waals surface area contributed by atoms with Crippen LogP contribution in [0.2, 0.25) is 0 Å². The molecule has 0 aliphatic heterocycles. The van der Waals surface area contributed by atoms with Crippen molar-refractivity contribution in [3.63, 3.8) is 0 Å². The van der Waals surface area contributed by atoms with E-state index in [-0.39, 0.29) is 5.56 Å². The Morgan fingerprint density at radius 1 is 1.35 bits per heavy atom. The van der Waals surface area contributed by atoms with Crippen molar-refractivity contribution in [2.75, 3.05) is 5.88 Å². The lowest BCUT2D eigenvalue weighted by molar-refractivity contribution is 0.0694. The fraction of sp³-hybridized carbons (Fsp3) is 0.250. The van der Waals surface area contributed by atoms with Crippen molar-refractivity contribution in [2.24, 2.45) is 0 Å². The van der Waals surface area contributed by atoms with E-state index in [4.69, 9.17) is 11.6 Å². The quantitative estimate of drug-likeness (QED) is 0.651. The van der Waals surface area contributed by atoms with Gasteiger partial charge in [0.25, 0.3) is 0 Å². The van der Waals surface area contributed by atoms with E-state index in [1.807, 2.05) is 0 Å². The molecule has 90 valence electrons. The Morgan fingerprint density at radius 3 is 2.71 bits per heavy atom. The van der Waals surface area contributed by atoms with Crippen LogP contribution in [0.15, 0.2) is 24.3 Å². The summed E-state index contributed by atoms with van der Waals surface area (Å²) in [5.41, 5.74) is 1.07. The summed E-state index contributed by atoms with van der Waals surface area (Å²) in [4.78, 5) is 11.3. The Balaban J connectivity index is 2.67. The standard InChI is InChI=1S/C12H12ClNO3/c13-7-3-6-10-11(12(15)16)8-4-1-2-5-9(8)14(10)17/h1-2,4-5,17H,3,6-7H2,(H,15,16). The monoisotopic (exact) mass is 253 g/mol. The predicted octanol–water partition coefficient (Wildman–Crippen LogP) is 2.75. The number of fused-ring (bicyclic) bond motifs is 1. The summed E-state index contributed by atoms with van der Waals surface area (Å²) < 4.78 is 0.950. The molecule has 0 aliphatic rings. The minimum absolute atomic E-state index is 0.160. The Bertz CT molecular complexity index is 562. The number of hydrogen-bond donors (Lipinski definition) is 2. The maximum Gasteiger partial charge on any atom is 0.338 e. The van der Waals surface area contributed by atoms with Crippen molar-refractivity contribution in [2.45, 2.75) is 12.8 Å². The first-order valence-electron chi connectivity index (χ1n) is 5.27. The molecule has 0 saturated heterocycles. The molecule has 1 heterocycles. The zero-order valence-corrected chi connectivity index (χ0v) is 9.81. The lowest BCUT2D eigenvalue weighted by atomic mass is 10.1. The van der Waals surface area contributed by atoms with Gasteiger partial charge >= 0.3 is 5.97 Å². The zero-order valence-electron chi connectivity index (χ0n) is 9.06. The molecule has 0 bridgehead atoms. The first kappa shape index (κ1) is 11.8. The van der Waals surface area contributed by atoms with Crippen LogP contribution in [-0.4, -0.2) is 26.9 Å². The lowest BCUT2D eigenvalue weighted by Gasteiger charge is -2.02. The molecule has 0 amide bonds. The molecule has 0 fully saturated rings. The third-order valence-electron chi connectivity index (χ3n) is 2.71. The number of nitrogens with zero attached hydrogens (tertiary/aromatic N) is 1. The van der Waals surface area contributed by atoms with E-state index in [1.165, 1.54) is 0 Å². The maximum absolute atomic E-state index is 11.3. The number of hydrogen-bond acceptors (Lipinski definition) is 2. The third kappa shape index (κ3) is 1.96. The number of para-hydroxylation sites is 1. The Hall–Kier alpha value is -1.68. The first-order chi connectivity index (χ1) is 8.16. The minimum Gasteiger partial charge on any atom is -0.478 e. The van der Waals surface area contributed by atoms with Gasteiger partial charge in [-0.1, -0.05) is 18.2 Å². The van der Waals surface area contributed by atoms with E-state index in [2.05, 4.69) is 0 Å². The number of aromatic carboxylic acids is 1.